The molecule has 0 bridgehead atoms. The minimum absolute atomic E-state index is 0.146. The van der Waals surface area contributed by atoms with Gasteiger partial charge in [0.1, 0.15) is 0 Å². The lowest BCUT2D eigenvalue weighted by Gasteiger charge is -2.17. The van der Waals surface area contributed by atoms with Crippen molar-refractivity contribution in [1.29, 1.82) is 0 Å². The van der Waals surface area contributed by atoms with Gasteiger partial charge in [0, 0.05) is 13.5 Å². The van der Waals surface area contributed by atoms with Gasteiger partial charge in [-0.2, -0.15) is 0 Å². The van der Waals surface area contributed by atoms with E-state index in [0.29, 0.717) is 6.42 Å². The van der Waals surface area contributed by atoms with Crippen LogP contribution in [0.25, 0.3) is 0 Å². The molecular weight excluding hydrogens is 252 g/mol. The minimum atomic E-state index is -0.539. The summed E-state index contributed by atoms with van der Waals surface area (Å²) in [4.78, 5) is 11.1. The summed E-state index contributed by atoms with van der Waals surface area (Å²) in [7, 11) is 1.33. The van der Waals surface area contributed by atoms with E-state index in [1.165, 1.54) is 0 Å². The summed E-state index contributed by atoms with van der Waals surface area (Å²) in [6.07, 6.45) is 1.37. The molecular formula is C8H17BrO3Si. The van der Waals surface area contributed by atoms with Crippen LogP contribution in [-0.4, -0.2) is 27.4 Å². The van der Waals surface area contributed by atoms with Gasteiger partial charge in [0.05, 0.1) is 0 Å². The normalized spacial score (nSPS) is 12.3. The van der Waals surface area contributed by atoms with Crippen molar-refractivity contribution in [3.8, 4) is 0 Å². The molecule has 0 saturated carbocycles. The average Bonchev–Trinajstić information content (AvgIpc) is 1.94. The summed E-state index contributed by atoms with van der Waals surface area (Å²) < 4.78 is 9.53. The summed E-state index contributed by atoms with van der Waals surface area (Å²) >= 11 is 3.24. The highest BCUT2D eigenvalue weighted by Crippen LogP contribution is 2.18. The molecule has 0 atom stereocenters. The highest BCUT2D eigenvalue weighted by Gasteiger charge is 2.17. The van der Waals surface area contributed by atoms with Crippen molar-refractivity contribution in [3.63, 3.8) is 0 Å². The number of hydrogen-bond donors (Lipinski definition) is 0. The van der Waals surface area contributed by atoms with Crippen LogP contribution < -0.4 is 0 Å². The van der Waals surface area contributed by atoms with Crippen molar-refractivity contribution >= 4 is 31.7 Å². The molecule has 0 aromatic rings. The minimum Gasteiger partial charge on any atom is -0.448 e. The van der Waals surface area contributed by atoms with E-state index in [9.17, 15) is 4.79 Å². The molecule has 0 rings (SSSR count). The van der Waals surface area contributed by atoms with E-state index >= 15 is 0 Å². The summed E-state index contributed by atoms with van der Waals surface area (Å²) in [6.45, 7) is 3.60. The van der Waals surface area contributed by atoms with E-state index in [1.807, 2.05) is 0 Å². The monoisotopic (exact) mass is 268 g/mol. The van der Waals surface area contributed by atoms with Gasteiger partial charge in [-0.3, -0.25) is 4.79 Å². The Morgan fingerprint density at radius 1 is 1.54 bits per heavy atom. The summed E-state index contributed by atoms with van der Waals surface area (Å²) in [5.41, 5.74) is 0. The molecule has 0 aliphatic rings. The van der Waals surface area contributed by atoms with Gasteiger partial charge < -0.3 is 9.16 Å². The van der Waals surface area contributed by atoms with Crippen LogP contribution in [0.3, 0.4) is 0 Å². The smallest absolute Gasteiger partial charge is 0.307 e. The van der Waals surface area contributed by atoms with E-state index in [4.69, 9.17) is 9.16 Å². The molecule has 0 fully saturated rings. The van der Waals surface area contributed by atoms with Crippen LogP contribution in [0, 0.1) is 0 Å². The number of ether oxygens (including phenoxy) is 1. The number of carbonyl (C=O) groups excluding carboxylic acids is 1. The van der Waals surface area contributed by atoms with Gasteiger partial charge in [-0.25, -0.2) is 0 Å². The molecule has 0 aromatic carbocycles. The summed E-state index contributed by atoms with van der Waals surface area (Å²) in [6, 6.07) is 1.04. The molecule has 0 N–H and O–H groups in total. The number of hydrogen-bond acceptors (Lipinski definition) is 3. The molecule has 0 spiro atoms. The van der Waals surface area contributed by atoms with Gasteiger partial charge in [-0.15, -0.1) is 0 Å². The first kappa shape index (κ1) is 13.1. The van der Waals surface area contributed by atoms with Crippen molar-refractivity contribution < 1.29 is 14.0 Å². The second-order valence-electron chi connectivity index (χ2n) is 3.29. The lowest BCUT2D eigenvalue weighted by Crippen LogP contribution is -2.20. The third-order valence-corrected chi connectivity index (χ3v) is 2.69. The molecule has 0 amide bonds. The van der Waals surface area contributed by atoms with Crippen LogP contribution in [0.5, 0.6) is 0 Å². The highest BCUT2D eigenvalue weighted by molar-refractivity contribution is 9.10. The van der Waals surface area contributed by atoms with Crippen LogP contribution in [-0.2, 0) is 14.0 Å². The third kappa shape index (κ3) is 10.0. The first-order valence-electron chi connectivity index (χ1n) is 4.35. The molecule has 78 valence electrons. The zero-order valence-electron chi connectivity index (χ0n) is 8.43. The molecule has 0 aliphatic carbocycles. The number of carbonyl (C=O) groups is 1. The summed E-state index contributed by atoms with van der Waals surface area (Å²) in [5, 5.41) is 0. The first-order chi connectivity index (χ1) is 5.95. The molecule has 0 aromatic heterocycles. The number of rotatable bonds is 6. The van der Waals surface area contributed by atoms with Gasteiger partial charge >= 0.3 is 5.97 Å². The number of esters is 1. The quantitative estimate of drug-likeness (QED) is 0.318. The van der Waals surface area contributed by atoms with E-state index in [1.54, 1.807) is 21.0 Å². The van der Waals surface area contributed by atoms with Crippen LogP contribution in [0.2, 0.25) is 6.04 Å². The topological polar surface area (TPSA) is 35.5 Å². The molecule has 13 heavy (non-hydrogen) atoms. The third-order valence-electron chi connectivity index (χ3n) is 1.34. The Hall–Kier alpha value is 0.127. The fourth-order valence-electron chi connectivity index (χ4n) is 0.837. The highest BCUT2D eigenvalue weighted by atomic mass is 79.9. The second-order valence-corrected chi connectivity index (χ2v) is 6.89. The van der Waals surface area contributed by atoms with E-state index in [-0.39, 0.29) is 15.7 Å². The maximum absolute atomic E-state index is 11.1. The van der Waals surface area contributed by atoms with Gasteiger partial charge in [0.25, 0.3) is 0 Å². The van der Waals surface area contributed by atoms with Crippen molar-refractivity contribution in [3.05, 3.63) is 0 Å². The molecule has 0 saturated heterocycles. The van der Waals surface area contributed by atoms with Gasteiger partial charge in [0.15, 0.2) is 14.3 Å². The standard InChI is InChI=1S/C8H17BrO3Si/c1-8(2,9)12-7(10)5-4-6-13-11-3/h4-6,13H2,1-3H3. The average molecular weight is 269 g/mol. The molecule has 0 radical (unpaired) electrons. The Labute approximate surface area is 90.2 Å². The fraction of sp³-hybridized carbons (Fsp3) is 0.875. The van der Waals surface area contributed by atoms with Crippen molar-refractivity contribution in [1.82, 2.24) is 0 Å². The molecule has 0 unspecified atom stereocenters. The lowest BCUT2D eigenvalue weighted by atomic mass is 10.3. The second kappa shape index (κ2) is 6.56. The van der Waals surface area contributed by atoms with E-state index in [2.05, 4.69) is 15.9 Å². The SMILES string of the molecule is CO[SiH2]CCCC(=O)OC(C)(C)Br. The van der Waals surface area contributed by atoms with Gasteiger partial charge in [-0.1, -0.05) is 0 Å². The Morgan fingerprint density at radius 3 is 2.62 bits per heavy atom. The van der Waals surface area contributed by atoms with Crippen molar-refractivity contribution in [2.75, 3.05) is 7.11 Å². The van der Waals surface area contributed by atoms with Crippen LogP contribution in [0.15, 0.2) is 0 Å². The zero-order chi connectivity index (χ0) is 10.3. The molecule has 5 heteroatoms. The first-order valence-corrected chi connectivity index (χ1v) is 6.72. The number of halogens is 1. The van der Waals surface area contributed by atoms with Crippen molar-refractivity contribution in [2.24, 2.45) is 0 Å². The van der Waals surface area contributed by atoms with Gasteiger partial charge in [0.2, 0.25) is 0 Å². The number of alkyl halides is 1. The maximum Gasteiger partial charge on any atom is 0.307 e. The predicted octanol–water partition coefficient (Wildman–Crippen LogP) is 1.59. The lowest BCUT2D eigenvalue weighted by molar-refractivity contribution is -0.149. The zero-order valence-corrected chi connectivity index (χ0v) is 11.4. The molecule has 3 nitrogen and oxygen atoms in total. The Bertz CT molecular complexity index is 156. The van der Waals surface area contributed by atoms with Crippen molar-refractivity contribution in [2.45, 2.75) is 37.2 Å². The van der Waals surface area contributed by atoms with E-state index < -0.39 is 4.51 Å². The molecule has 0 aliphatic heterocycles. The Kier molecular flexibility index (Phi) is 6.63. The fourth-order valence-corrected chi connectivity index (χ4v) is 1.76. The Morgan fingerprint density at radius 2 is 2.15 bits per heavy atom. The van der Waals surface area contributed by atoms with E-state index in [0.717, 1.165) is 12.5 Å². The Balaban J connectivity index is 3.41. The van der Waals surface area contributed by atoms with Gasteiger partial charge in [-0.05, 0) is 42.2 Å². The largest absolute Gasteiger partial charge is 0.448 e. The predicted molar refractivity (Wildman–Crippen MR) is 58.7 cm³/mol. The van der Waals surface area contributed by atoms with Crippen LogP contribution in [0.4, 0.5) is 0 Å². The van der Waals surface area contributed by atoms with Crippen LogP contribution >= 0.6 is 15.9 Å². The maximum atomic E-state index is 11.1. The summed E-state index contributed by atoms with van der Waals surface area (Å²) in [5.74, 6) is -0.146. The van der Waals surface area contributed by atoms with Crippen LogP contribution in [0.1, 0.15) is 26.7 Å². The molecule has 0 heterocycles.